The highest BCUT2D eigenvalue weighted by Gasteiger charge is 2.33. The van der Waals surface area contributed by atoms with E-state index in [9.17, 15) is 4.79 Å². The third kappa shape index (κ3) is 2.84. The number of aromatic nitrogens is 2. The van der Waals surface area contributed by atoms with Crippen LogP contribution < -0.4 is 9.47 Å². The van der Waals surface area contributed by atoms with Crippen molar-refractivity contribution in [1.82, 2.24) is 14.7 Å². The van der Waals surface area contributed by atoms with Crippen molar-refractivity contribution in [1.29, 1.82) is 0 Å². The average Bonchev–Trinajstić information content (AvgIpc) is 3.19. The van der Waals surface area contributed by atoms with Crippen molar-refractivity contribution < 1.29 is 14.3 Å². The number of benzene rings is 1. The summed E-state index contributed by atoms with van der Waals surface area (Å²) in [4.78, 5) is 14.9. The molecule has 0 aliphatic carbocycles. The zero-order valence-electron chi connectivity index (χ0n) is 14.6. The summed E-state index contributed by atoms with van der Waals surface area (Å²) in [5, 5.41) is 4.29. The van der Waals surface area contributed by atoms with Gasteiger partial charge in [-0.1, -0.05) is 0 Å². The molecule has 0 bridgehead atoms. The minimum atomic E-state index is -0.0160. The van der Waals surface area contributed by atoms with Crippen LogP contribution in [0.25, 0.3) is 0 Å². The maximum Gasteiger partial charge on any atom is 0.272 e. The molecule has 0 spiro atoms. The number of hydrogen-bond donors (Lipinski definition) is 0. The Labute approximate surface area is 142 Å². The Morgan fingerprint density at radius 1 is 1.25 bits per heavy atom. The van der Waals surface area contributed by atoms with Gasteiger partial charge in [-0.2, -0.15) is 5.10 Å². The number of carbonyl (C=O) groups excluding carboxylic acids is 1. The predicted molar refractivity (Wildman–Crippen MR) is 90.5 cm³/mol. The number of likely N-dealkylation sites (tertiary alicyclic amines) is 1. The van der Waals surface area contributed by atoms with Gasteiger partial charge in [0, 0.05) is 19.2 Å². The van der Waals surface area contributed by atoms with Crippen molar-refractivity contribution >= 4 is 5.91 Å². The van der Waals surface area contributed by atoms with E-state index in [1.54, 1.807) is 25.9 Å². The molecular formula is C18H23N3O3. The van der Waals surface area contributed by atoms with Crippen LogP contribution in [0.2, 0.25) is 0 Å². The monoisotopic (exact) mass is 329 g/mol. The lowest BCUT2D eigenvalue weighted by Crippen LogP contribution is -2.32. The molecule has 24 heavy (non-hydrogen) atoms. The van der Waals surface area contributed by atoms with Gasteiger partial charge in [0.15, 0.2) is 0 Å². The molecule has 1 aromatic heterocycles. The van der Waals surface area contributed by atoms with E-state index in [2.05, 4.69) is 5.10 Å². The summed E-state index contributed by atoms with van der Waals surface area (Å²) in [6, 6.07) is 7.54. The lowest BCUT2D eigenvalue weighted by atomic mass is 10.0. The first-order chi connectivity index (χ1) is 11.5. The molecule has 2 heterocycles. The van der Waals surface area contributed by atoms with E-state index in [1.807, 2.05) is 36.1 Å². The van der Waals surface area contributed by atoms with E-state index in [0.29, 0.717) is 5.69 Å². The van der Waals surface area contributed by atoms with Gasteiger partial charge in [-0.15, -0.1) is 0 Å². The Balaban J connectivity index is 1.96. The molecule has 0 N–H and O–H groups in total. The van der Waals surface area contributed by atoms with Crippen molar-refractivity contribution in [3.8, 4) is 11.5 Å². The second-order valence-electron chi connectivity index (χ2n) is 6.06. The summed E-state index contributed by atoms with van der Waals surface area (Å²) in [5.74, 6) is 1.55. The van der Waals surface area contributed by atoms with Crippen molar-refractivity contribution in [3.05, 3.63) is 41.2 Å². The Hall–Kier alpha value is -2.50. The van der Waals surface area contributed by atoms with Gasteiger partial charge in [-0.3, -0.25) is 9.48 Å². The van der Waals surface area contributed by atoms with Gasteiger partial charge in [-0.05, 0) is 44.0 Å². The molecule has 2 aromatic rings. The molecule has 1 aliphatic heterocycles. The predicted octanol–water partition coefficient (Wildman–Crippen LogP) is 2.72. The summed E-state index contributed by atoms with van der Waals surface area (Å²) < 4.78 is 12.5. The molecule has 1 aromatic carbocycles. The molecule has 1 saturated heterocycles. The van der Waals surface area contributed by atoms with Crippen LogP contribution in [-0.4, -0.2) is 41.4 Å². The van der Waals surface area contributed by atoms with E-state index >= 15 is 0 Å². The van der Waals surface area contributed by atoms with Gasteiger partial charge in [0.2, 0.25) is 0 Å². The fourth-order valence-electron chi connectivity index (χ4n) is 3.39. The fourth-order valence-corrected chi connectivity index (χ4v) is 3.39. The number of rotatable bonds is 4. The second kappa shape index (κ2) is 6.55. The molecular weight excluding hydrogens is 306 g/mol. The van der Waals surface area contributed by atoms with Crippen LogP contribution in [0.15, 0.2) is 24.3 Å². The smallest absolute Gasteiger partial charge is 0.272 e. The third-order valence-corrected chi connectivity index (χ3v) is 4.53. The SMILES string of the molecule is COc1ccc(OC)c([C@@H]2CCCN2C(=O)c2cc(C)nn2C)c1. The minimum absolute atomic E-state index is 0.00507. The van der Waals surface area contributed by atoms with Crippen molar-refractivity contribution in [2.45, 2.75) is 25.8 Å². The normalized spacial score (nSPS) is 17.2. The summed E-state index contributed by atoms with van der Waals surface area (Å²) in [7, 11) is 5.09. The number of hydrogen-bond acceptors (Lipinski definition) is 4. The largest absolute Gasteiger partial charge is 0.497 e. The molecule has 6 heteroatoms. The standard InChI is InChI=1S/C18H23N3O3/c1-12-10-16(20(2)19-12)18(22)21-9-5-6-15(21)14-11-13(23-3)7-8-17(14)24-4/h7-8,10-11,15H,5-6,9H2,1-4H3/t15-/m0/s1. The molecule has 0 radical (unpaired) electrons. The molecule has 1 aliphatic rings. The molecule has 3 rings (SSSR count). The first kappa shape index (κ1) is 16.4. The maximum atomic E-state index is 13.0. The van der Waals surface area contributed by atoms with Crippen molar-refractivity contribution in [3.63, 3.8) is 0 Å². The van der Waals surface area contributed by atoms with Gasteiger partial charge >= 0.3 is 0 Å². The average molecular weight is 329 g/mol. The maximum absolute atomic E-state index is 13.0. The molecule has 1 fully saturated rings. The van der Waals surface area contributed by atoms with E-state index in [4.69, 9.17) is 9.47 Å². The van der Waals surface area contributed by atoms with Gasteiger partial charge in [0.1, 0.15) is 17.2 Å². The Morgan fingerprint density at radius 3 is 2.67 bits per heavy atom. The lowest BCUT2D eigenvalue weighted by molar-refractivity contribution is 0.0722. The molecule has 6 nitrogen and oxygen atoms in total. The highest BCUT2D eigenvalue weighted by Crippen LogP contribution is 2.39. The van der Waals surface area contributed by atoms with Gasteiger partial charge in [0.25, 0.3) is 5.91 Å². The molecule has 0 unspecified atom stereocenters. The van der Waals surface area contributed by atoms with E-state index in [-0.39, 0.29) is 11.9 Å². The Kier molecular flexibility index (Phi) is 4.46. The van der Waals surface area contributed by atoms with Crippen LogP contribution >= 0.6 is 0 Å². The zero-order chi connectivity index (χ0) is 17.3. The van der Waals surface area contributed by atoms with Crippen LogP contribution in [0.4, 0.5) is 0 Å². The highest BCUT2D eigenvalue weighted by molar-refractivity contribution is 5.93. The minimum Gasteiger partial charge on any atom is -0.497 e. The number of amides is 1. The topological polar surface area (TPSA) is 56.6 Å². The molecule has 0 saturated carbocycles. The first-order valence-corrected chi connectivity index (χ1v) is 8.08. The summed E-state index contributed by atoms with van der Waals surface area (Å²) >= 11 is 0. The Morgan fingerprint density at radius 2 is 2.04 bits per heavy atom. The highest BCUT2D eigenvalue weighted by atomic mass is 16.5. The fraction of sp³-hybridized carbons (Fsp3) is 0.444. The lowest BCUT2D eigenvalue weighted by Gasteiger charge is -2.26. The third-order valence-electron chi connectivity index (χ3n) is 4.53. The van der Waals surface area contributed by atoms with Crippen LogP contribution in [0.3, 0.4) is 0 Å². The summed E-state index contributed by atoms with van der Waals surface area (Å²) in [6.45, 7) is 2.62. The molecule has 128 valence electrons. The number of methoxy groups -OCH3 is 2. The first-order valence-electron chi connectivity index (χ1n) is 8.08. The quantitative estimate of drug-likeness (QED) is 0.865. The summed E-state index contributed by atoms with van der Waals surface area (Å²) in [6.07, 6.45) is 1.87. The number of ether oxygens (including phenoxy) is 2. The number of nitrogens with zero attached hydrogens (tertiary/aromatic N) is 3. The van der Waals surface area contributed by atoms with Crippen LogP contribution in [0.5, 0.6) is 11.5 Å². The summed E-state index contributed by atoms with van der Waals surface area (Å²) in [5.41, 5.74) is 2.44. The number of carbonyl (C=O) groups is 1. The zero-order valence-corrected chi connectivity index (χ0v) is 14.6. The van der Waals surface area contributed by atoms with Crippen molar-refractivity contribution in [2.75, 3.05) is 20.8 Å². The van der Waals surface area contributed by atoms with Gasteiger partial charge in [-0.25, -0.2) is 0 Å². The molecule has 1 atom stereocenters. The number of aryl methyl sites for hydroxylation is 2. The van der Waals surface area contributed by atoms with Gasteiger partial charge < -0.3 is 14.4 Å². The molecule has 1 amide bonds. The van der Waals surface area contributed by atoms with Crippen LogP contribution in [0.1, 0.15) is 40.6 Å². The Bertz CT molecular complexity index is 754. The van der Waals surface area contributed by atoms with Crippen molar-refractivity contribution in [2.24, 2.45) is 7.05 Å². The van der Waals surface area contributed by atoms with Crippen LogP contribution in [0, 0.1) is 6.92 Å². The van der Waals surface area contributed by atoms with Gasteiger partial charge in [0.05, 0.1) is 26.0 Å². The van der Waals surface area contributed by atoms with Crippen LogP contribution in [-0.2, 0) is 7.05 Å². The van der Waals surface area contributed by atoms with E-state index in [0.717, 1.165) is 42.1 Å². The van der Waals surface area contributed by atoms with E-state index in [1.165, 1.54) is 0 Å². The second-order valence-corrected chi connectivity index (χ2v) is 6.06. The van der Waals surface area contributed by atoms with E-state index < -0.39 is 0 Å².